The Morgan fingerprint density at radius 1 is 0.821 bits per heavy atom. The summed E-state index contributed by atoms with van der Waals surface area (Å²) in [5.41, 5.74) is 0. The third-order valence-electron chi connectivity index (χ3n) is 5.79. The lowest BCUT2D eigenvalue weighted by atomic mass is 10.1. The fourth-order valence-corrected chi connectivity index (χ4v) is 4.12. The van der Waals surface area contributed by atoms with Crippen LogP contribution in [0.2, 0.25) is 0 Å². The molecule has 0 aliphatic heterocycles. The summed E-state index contributed by atoms with van der Waals surface area (Å²) in [6.07, 6.45) is 20.3. The molecule has 0 saturated heterocycles. The van der Waals surface area contributed by atoms with Crippen molar-refractivity contribution in [3.05, 3.63) is 24.3 Å². The van der Waals surface area contributed by atoms with Gasteiger partial charge in [0.25, 0.3) is 0 Å². The van der Waals surface area contributed by atoms with Gasteiger partial charge < -0.3 is 18.9 Å². The fourth-order valence-electron chi connectivity index (χ4n) is 3.37. The summed E-state index contributed by atoms with van der Waals surface area (Å²) in [6, 6.07) is 0. The van der Waals surface area contributed by atoms with Crippen LogP contribution in [-0.2, 0) is 32.7 Å². The van der Waals surface area contributed by atoms with Crippen LogP contribution in [0, 0.1) is 0 Å². The Morgan fingerprint density at radius 3 is 2.05 bits per heavy atom. The highest BCUT2D eigenvalue weighted by Gasteiger charge is 2.26. The summed E-state index contributed by atoms with van der Waals surface area (Å²) in [5, 5.41) is 0. The molecule has 1 N–H and O–H groups in total. The summed E-state index contributed by atoms with van der Waals surface area (Å²) in [7, 11) is 1.45. The van der Waals surface area contributed by atoms with Crippen LogP contribution >= 0.6 is 7.82 Å². The number of nitrogens with zero attached hydrogens (tertiary/aromatic N) is 1. The first-order valence-electron chi connectivity index (χ1n) is 14.6. The molecule has 0 heterocycles. The van der Waals surface area contributed by atoms with E-state index in [4.69, 9.17) is 18.5 Å². The van der Waals surface area contributed by atoms with Crippen molar-refractivity contribution in [1.29, 1.82) is 0 Å². The van der Waals surface area contributed by atoms with Crippen molar-refractivity contribution in [3.8, 4) is 0 Å². The minimum atomic E-state index is -4.33. The summed E-state index contributed by atoms with van der Waals surface area (Å²) in [6.45, 7) is 3.74. The number of allylic oxidation sites excluding steroid dienone is 4. The van der Waals surface area contributed by atoms with Gasteiger partial charge >= 0.3 is 19.8 Å². The van der Waals surface area contributed by atoms with E-state index < -0.39 is 32.5 Å². The van der Waals surface area contributed by atoms with Crippen LogP contribution in [0.25, 0.3) is 0 Å². The molecule has 0 bridgehead atoms. The molecule has 39 heavy (non-hydrogen) atoms. The molecule has 0 radical (unpaired) electrons. The first kappa shape index (κ1) is 37.5. The number of phosphoric ester groups is 1. The maximum Gasteiger partial charge on any atom is 0.472 e. The molecule has 0 fully saturated rings. The van der Waals surface area contributed by atoms with E-state index in [2.05, 4.69) is 31.2 Å². The number of likely N-dealkylation sites (N-methyl/N-ethyl adjacent to an activating group) is 1. The number of esters is 2. The van der Waals surface area contributed by atoms with Crippen LogP contribution in [0.15, 0.2) is 24.3 Å². The molecule has 228 valence electrons. The second-order valence-corrected chi connectivity index (χ2v) is 12.2. The van der Waals surface area contributed by atoms with Gasteiger partial charge in [-0.1, -0.05) is 70.3 Å². The number of ether oxygens (including phenoxy) is 2. The number of phosphoric acid groups is 1. The van der Waals surface area contributed by atoms with E-state index in [1.165, 1.54) is 25.7 Å². The average molecular weight is 577 g/mol. The molecule has 2 atom stereocenters. The van der Waals surface area contributed by atoms with Gasteiger partial charge in [-0.2, -0.15) is 0 Å². The molecule has 0 aromatic carbocycles. The SMILES string of the molecule is CCCCC/C=C\C/C=C\CCCCCCCC(=O)OC(COC(=O)CC)COP(=O)(O)OCC[N+](C)(C)C. The molecular weight excluding hydrogens is 521 g/mol. The second-order valence-electron chi connectivity index (χ2n) is 10.7. The van der Waals surface area contributed by atoms with Crippen LogP contribution in [0.1, 0.15) is 97.3 Å². The quantitative estimate of drug-likeness (QED) is 0.0431. The van der Waals surface area contributed by atoms with Crippen LogP contribution in [0.3, 0.4) is 0 Å². The smallest absolute Gasteiger partial charge is 0.462 e. The summed E-state index contributed by atoms with van der Waals surface area (Å²) >= 11 is 0. The predicted octanol–water partition coefficient (Wildman–Crippen LogP) is 6.50. The topological polar surface area (TPSA) is 108 Å². The van der Waals surface area contributed by atoms with Crippen LogP contribution in [0.5, 0.6) is 0 Å². The van der Waals surface area contributed by atoms with Crippen molar-refractivity contribution < 1.29 is 42.1 Å². The Balaban J connectivity index is 4.20. The zero-order valence-corrected chi connectivity index (χ0v) is 26.0. The molecule has 10 heteroatoms. The Morgan fingerprint density at radius 2 is 1.44 bits per heavy atom. The first-order valence-corrected chi connectivity index (χ1v) is 16.1. The fraction of sp³-hybridized carbons (Fsp3) is 0.793. The Kier molecular flexibility index (Phi) is 22.3. The van der Waals surface area contributed by atoms with Gasteiger partial charge in [0.05, 0.1) is 27.7 Å². The number of hydrogen-bond donors (Lipinski definition) is 1. The molecular formula is C29H55NO8P+. The van der Waals surface area contributed by atoms with Crippen LogP contribution in [-0.4, -0.2) is 74.9 Å². The lowest BCUT2D eigenvalue weighted by Gasteiger charge is -2.24. The van der Waals surface area contributed by atoms with Crippen molar-refractivity contribution in [1.82, 2.24) is 0 Å². The third kappa shape index (κ3) is 26.5. The molecule has 0 spiro atoms. The Bertz CT molecular complexity index is 748. The number of hydrogen-bond acceptors (Lipinski definition) is 7. The van der Waals surface area contributed by atoms with E-state index in [-0.39, 0.29) is 26.1 Å². The first-order chi connectivity index (χ1) is 18.5. The van der Waals surface area contributed by atoms with E-state index in [1.807, 2.05) is 21.1 Å². The van der Waals surface area contributed by atoms with Crippen molar-refractivity contribution in [2.24, 2.45) is 0 Å². The highest BCUT2D eigenvalue weighted by atomic mass is 31.2. The number of quaternary nitrogens is 1. The third-order valence-corrected chi connectivity index (χ3v) is 6.77. The minimum absolute atomic E-state index is 0.0272. The van der Waals surface area contributed by atoms with Gasteiger partial charge in [-0.25, -0.2) is 4.57 Å². The zero-order chi connectivity index (χ0) is 29.4. The van der Waals surface area contributed by atoms with Crippen molar-refractivity contribution in [2.45, 2.75) is 103 Å². The molecule has 0 aromatic heterocycles. The van der Waals surface area contributed by atoms with Gasteiger partial charge in [-0.05, 0) is 38.5 Å². The van der Waals surface area contributed by atoms with Gasteiger partial charge in [0.2, 0.25) is 0 Å². The van der Waals surface area contributed by atoms with Gasteiger partial charge in [0.15, 0.2) is 6.10 Å². The molecule has 0 rings (SSSR count). The molecule has 0 aliphatic carbocycles. The summed E-state index contributed by atoms with van der Waals surface area (Å²) in [4.78, 5) is 33.8. The lowest BCUT2D eigenvalue weighted by Crippen LogP contribution is -2.37. The van der Waals surface area contributed by atoms with Gasteiger partial charge in [0, 0.05) is 12.8 Å². The van der Waals surface area contributed by atoms with Gasteiger partial charge in [-0.15, -0.1) is 0 Å². The molecule has 0 aromatic rings. The Labute approximate surface area is 237 Å². The lowest BCUT2D eigenvalue weighted by molar-refractivity contribution is -0.870. The molecule has 0 saturated carbocycles. The van der Waals surface area contributed by atoms with Gasteiger partial charge in [-0.3, -0.25) is 18.6 Å². The van der Waals surface area contributed by atoms with E-state index in [1.54, 1.807) is 6.92 Å². The maximum absolute atomic E-state index is 12.3. The Hall–Kier alpha value is -1.51. The van der Waals surface area contributed by atoms with E-state index in [0.29, 0.717) is 17.4 Å². The van der Waals surface area contributed by atoms with Crippen molar-refractivity contribution in [2.75, 3.05) is 47.5 Å². The predicted molar refractivity (Wildman–Crippen MR) is 155 cm³/mol. The highest BCUT2D eigenvalue weighted by molar-refractivity contribution is 7.47. The van der Waals surface area contributed by atoms with E-state index >= 15 is 0 Å². The van der Waals surface area contributed by atoms with E-state index in [9.17, 15) is 19.0 Å². The normalized spacial score (nSPS) is 14.5. The van der Waals surface area contributed by atoms with Crippen LogP contribution < -0.4 is 0 Å². The highest BCUT2D eigenvalue weighted by Crippen LogP contribution is 2.43. The summed E-state index contributed by atoms with van der Waals surface area (Å²) in [5.74, 6) is -0.920. The molecule has 2 unspecified atom stereocenters. The number of unbranched alkanes of at least 4 members (excludes halogenated alkanes) is 8. The van der Waals surface area contributed by atoms with E-state index in [0.717, 1.165) is 38.5 Å². The van der Waals surface area contributed by atoms with Crippen molar-refractivity contribution in [3.63, 3.8) is 0 Å². The number of rotatable bonds is 25. The maximum atomic E-state index is 12.3. The zero-order valence-electron chi connectivity index (χ0n) is 25.1. The van der Waals surface area contributed by atoms with Crippen LogP contribution in [0.4, 0.5) is 0 Å². The largest absolute Gasteiger partial charge is 0.472 e. The second kappa shape index (κ2) is 23.2. The number of carbonyl (C=O) groups is 2. The summed E-state index contributed by atoms with van der Waals surface area (Å²) < 4.78 is 33.1. The molecule has 9 nitrogen and oxygen atoms in total. The van der Waals surface area contributed by atoms with Crippen molar-refractivity contribution >= 4 is 19.8 Å². The average Bonchev–Trinajstić information content (AvgIpc) is 2.86. The number of carbonyl (C=O) groups excluding carboxylic acids is 2. The monoisotopic (exact) mass is 576 g/mol. The molecule has 0 aliphatic rings. The standard InChI is InChI=1S/C29H54NO8P/c1-6-8-9-10-11-12-13-14-15-16-17-18-19-20-21-22-29(32)38-27(25-35-28(31)7-2)26-37-39(33,34)36-24-23-30(3,4)5/h11-12,14-15,27H,6-10,13,16-26H2,1-5H3/p+1/b12-11-,15-14-. The molecule has 0 amide bonds. The van der Waals surface area contributed by atoms with Gasteiger partial charge in [0.1, 0.15) is 19.8 Å². The minimum Gasteiger partial charge on any atom is -0.462 e.